The van der Waals surface area contributed by atoms with Gasteiger partial charge < -0.3 is 9.15 Å². The lowest BCUT2D eigenvalue weighted by atomic mass is 10.2. The van der Waals surface area contributed by atoms with Gasteiger partial charge in [-0.1, -0.05) is 6.92 Å². The molecule has 1 rings (SSSR count). The number of methoxy groups -OCH3 is 1. The Morgan fingerprint density at radius 1 is 1.47 bits per heavy atom. The molecule has 0 radical (unpaired) electrons. The van der Waals surface area contributed by atoms with Crippen LogP contribution in [0.5, 0.6) is 0 Å². The fourth-order valence-corrected chi connectivity index (χ4v) is 2.09. The molecule has 6 nitrogen and oxygen atoms in total. The predicted octanol–water partition coefficient (Wildman–Crippen LogP) is 1.08. The van der Waals surface area contributed by atoms with Crippen molar-refractivity contribution in [2.24, 2.45) is 5.92 Å². The molecule has 0 aliphatic carbocycles. The second-order valence-electron chi connectivity index (χ2n) is 3.79. The Balaban J connectivity index is 2.25. The van der Waals surface area contributed by atoms with Gasteiger partial charge in [0.1, 0.15) is 0 Å². The van der Waals surface area contributed by atoms with Gasteiger partial charge in [-0.25, -0.2) is 0 Å². The normalized spacial score (nSPS) is 11.7. The summed E-state index contributed by atoms with van der Waals surface area (Å²) in [5.74, 6) is -0.979. The van der Waals surface area contributed by atoms with E-state index in [2.05, 4.69) is 10.1 Å². The summed E-state index contributed by atoms with van der Waals surface area (Å²) in [6.07, 6.45) is 1.35. The zero-order chi connectivity index (χ0) is 14.3. The standard InChI is InChI=1S/C12H15NO5S/c1-8(12(16)17-2)6-19-7-10(14)13-11(15)9-4-3-5-18-9/h3-5,8H,6-7H2,1-2H3,(H,13,14,15). The summed E-state index contributed by atoms with van der Waals surface area (Å²) >= 11 is 1.26. The van der Waals surface area contributed by atoms with Crippen molar-refractivity contribution in [1.29, 1.82) is 0 Å². The van der Waals surface area contributed by atoms with E-state index in [9.17, 15) is 14.4 Å². The van der Waals surface area contributed by atoms with Crippen molar-refractivity contribution < 1.29 is 23.5 Å². The molecule has 0 saturated carbocycles. The molecule has 0 aromatic carbocycles. The number of hydrogen-bond donors (Lipinski definition) is 1. The SMILES string of the molecule is COC(=O)C(C)CSCC(=O)NC(=O)c1ccco1. The third-order valence-corrected chi connectivity index (χ3v) is 3.40. The molecule has 1 unspecified atom stereocenters. The van der Waals surface area contributed by atoms with E-state index in [-0.39, 0.29) is 23.4 Å². The number of thioether (sulfide) groups is 1. The minimum Gasteiger partial charge on any atom is -0.469 e. The average Bonchev–Trinajstić information content (AvgIpc) is 2.91. The average molecular weight is 285 g/mol. The highest BCUT2D eigenvalue weighted by molar-refractivity contribution is 7.99. The van der Waals surface area contributed by atoms with E-state index in [1.807, 2.05) is 0 Å². The zero-order valence-corrected chi connectivity index (χ0v) is 11.5. The molecule has 0 spiro atoms. The van der Waals surface area contributed by atoms with Crippen LogP contribution in [0.25, 0.3) is 0 Å². The molecule has 0 aliphatic heterocycles. The summed E-state index contributed by atoms with van der Waals surface area (Å²) in [7, 11) is 1.32. The smallest absolute Gasteiger partial charge is 0.309 e. The highest BCUT2D eigenvalue weighted by Gasteiger charge is 2.15. The highest BCUT2D eigenvalue weighted by Crippen LogP contribution is 2.09. The van der Waals surface area contributed by atoms with Crippen molar-refractivity contribution in [3.63, 3.8) is 0 Å². The third kappa shape index (κ3) is 5.17. The van der Waals surface area contributed by atoms with Crippen molar-refractivity contribution in [2.45, 2.75) is 6.92 Å². The van der Waals surface area contributed by atoms with Crippen molar-refractivity contribution in [3.05, 3.63) is 24.2 Å². The summed E-state index contributed by atoms with van der Waals surface area (Å²) in [5, 5.41) is 2.19. The largest absolute Gasteiger partial charge is 0.469 e. The lowest BCUT2D eigenvalue weighted by Crippen LogP contribution is -2.31. The maximum Gasteiger partial charge on any atom is 0.309 e. The van der Waals surface area contributed by atoms with E-state index < -0.39 is 11.8 Å². The van der Waals surface area contributed by atoms with E-state index >= 15 is 0 Å². The molecule has 1 aromatic heterocycles. The number of amides is 2. The molecule has 0 bridgehead atoms. The van der Waals surface area contributed by atoms with Crippen molar-refractivity contribution in [3.8, 4) is 0 Å². The minimum absolute atomic E-state index is 0.0845. The summed E-state index contributed by atoms with van der Waals surface area (Å²) in [6, 6.07) is 3.03. The van der Waals surface area contributed by atoms with Crippen molar-refractivity contribution in [1.82, 2.24) is 5.32 Å². The number of esters is 1. The molecule has 1 aromatic rings. The van der Waals surface area contributed by atoms with Crippen LogP contribution >= 0.6 is 11.8 Å². The highest BCUT2D eigenvalue weighted by atomic mass is 32.2. The number of furan rings is 1. The second kappa shape index (κ2) is 7.63. The molecule has 0 saturated heterocycles. The lowest BCUT2D eigenvalue weighted by molar-refractivity contribution is -0.144. The number of hydrogen-bond acceptors (Lipinski definition) is 6. The van der Waals surface area contributed by atoms with E-state index in [4.69, 9.17) is 4.42 Å². The predicted molar refractivity (Wildman–Crippen MR) is 69.7 cm³/mol. The summed E-state index contributed by atoms with van der Waals surface area (Å²) in [6.45, 7) is 1.71. The van der Waals surface area contributed by atoms with Crippen LogP contribution in [0.4, 0.5) is 0 Å². The molecule has 0 aliphatic rings. The van der Waals surface area contributed by atoms with E-state index in [1.54, 1.807) is 13.0 Å². The quantitative estimate of drug-likeness (QED) is 0.787. The summed E-state index contributed by atoms with van der Waals surface area (Å²) < 4.78 is 9.42. The van der Waals surface area contributed by atoms with Crippen LogP contribution in [0.3, 0.4) is 0 Å². The first-order valence-electron chi connectivity index (χ1n) is 5.58. The van der Waals surface area contributed by atoms with Gasteiger partial charge >= 0.3 is 5.97 Å². The molecule has 1 heterocycles. The van der Waals surface area contributed by atoms with Gasteiger partial charge in [0.15, 0.2) is 5.76 Å². The number of rotatable bonds is 6. The molecular weight excluding hydrogens is 270 g/mol. The van der Waals surface area contributed by atoms with Crippen LogP contribution in [-0.4, -0.2) is 36.4 Å². The molecular formula is C12H15NO5S. The van der Waals surface area contributed by atoms with Crippen LogP contribution in [0.15, 0.2) is 22.8 Å². The monoisotopic (exact) mass is 285 g/mol. The summed E-state index contributed by atoms with van der Waals surface area (Å²) in [4.78, 5) is 34.0. The second-order valence-corrected chi connectivity index (χ2v) is 4.82. The fraction of sp³-hybridized carbons (Fsp3) is 0.417. The van der Waals surface area contributed by atoms with Crippen LogP contribution < -0.4 is 5.32 Å². The van der Waals surface area contributed by atoms with Gasteiger partial charge in [-0.3, -0.25) is 19.7 Å². The third-order valence-electron chi connectivity index (χ3n) is 2.20. The number of carbonyl (C=O) groups is 3. The maximum atomic E-state index is 11.5. The van der Waals surface area contributed by atoms with Crippen LogP contribution in [0.1, 0.15) is 17.5 Å². The van der Waals surface area contributed by atoms with Gasteiger partial charge in [0.2, 0.25) is 5.91 Å². The number of imide groups is 1. The van der Waals surface area contributed by atoms with Gasteiger partial charge in [-0.2, -0.15) is 11.8 Å². The van der Waals surface area contributed by atoms with Gasteiger partial charge in [-0.15, -0.1) is 0 Å². The number of carbonyl (C=O) groups excluding carboxylic acids is 3. The Labute approximate surface area is 114 Å². The lowest BCUT2D eigenvalue weighted by Gasteiger charge is -2.08. The van der Waals surface area contributed by atoms with Crippen molar-refractivity contribution >= 4 is 29.5 Å². The maximum absolute atomic E-state index is 11.5. The molecule has 1 N–H and O–H groups in total. The number of nitrogens with one attached hydrogen (secondary N) is 1. The molecule has 1 atom stereocenters. The minimum atomic E-state index is -0.573. The number of ether oxygens (including phenoxy) is 1. The Morgan fingerprint density at radius 2 is 2.21 bits per heavy atom. The Bertz CT molecular complexity index is 443. The molecule has 19 heavy (non-hydrogen) atoms. The molecule has 104 valence electrons. The molecule has 2 amide bonds. The first-order chi connectivity index (χ1) is 9.04. The van der Waals surface area contributed by atoms with E-state index in [0.717, 1.165) is 0 Å². The van der Waals surface area contributed by atoms with Crippen molar-refractivity contribution in [2.75, 3.05) is 18.6 Å². The summed E-state index contributed by atoms with van der Waals surface area (Å²) in [5.41, 5.74) is 0. The Hall–Kier alpha value is -1.76. The van der Waals surface area contributed by atoms with Gasteiger partial charge in [0, 0.05) is 5.75 Å². The van der Waals surface area contributed by atoms with Gasteiger partial charge in [0.05, 0.1) is 25.0 Å². The zero-order valence-electron chi connectivity index (χ0n) is 10.7. The Kier molecular flexibility index (Phi) is 6.14. The Morgan fingerprint density at radius 3 is 2.79 bits per heavy atom. The van der Waals surface area contributed by atoms with E-state index in [0.29, 0.717) is 5.75 Å². The van der Waals surface area contributed by atoms with Crippen LogP contribution in [0.2, 0.25) is 0 Å². The van der Waals surface area contributed by atoms with E-state index in [1.165, 1.54) is 31.2 Å². The topological polar surface area (TPSA) is 85.6 Å². The first kappa shape index (κ1) is 15.3. The van der Waals surface area contributed by atoms with Crippen LogP contribution in [0, 0.1) is 5.92 Å². The molecule has 0 fully saturated rings. The molecule has 7 heteroatoms. The van der Waals surface area contributed by atoms with Gasteiger partial charge in [0.25, 0.3) is 5.91 Å². The fourth-order valence-electron chi connectivity index (χ4n) is 1.23. The van der Waals surface area contributed by atoms with Crippen LogP contribution in [-0.2, 0) is 14.3 Å². The first-order valence-corrected chi connectivity index (χ1v) is 6.73. The van der Waals surface area contributed by atoms with Gasteiger partial charge in [-0.05, 0) is 12.1 Å².